The van der Waals surface area contributed by atoms with Crippen molar-refractivity contribution in [1.82, 2.24) is 40.0 Å². The lowest BCUT2D eigenvalue weighted by atomic mass is 10.1. The van der Waals surface area contributed by atoms with E-state index >= 15 is 0 Å². The number of aryl methyl sites for hydroxylation is 1. The Morgan fingerprint density at radius 3 is 2.83 bits per heavy atom. The van der Waals surface area contributed by atoms with Crippen LogP contribution in [0.15, 0.2) is 55.1 Å². The molecule has 176 valence electrons. The molecule has 0 spiro atoms. The van der Waals surface area contributed by atoms with Crippen molar-refractivity contribution in [2.45, 2.75) is 25.8 Å². The van der Waals surface area contributed by atoms with Gasteiger partial charge in [-0.3, -0.25) is 9.89 Å². The van der Waals surface area contributed by atoms with Crippen molar-refractivity contribution in [2.75, 3.05) is 5.32 Å². The number of alkyl halides is 2. The van der Waals surface area contributed by atoms with Crippen molar-refractivity contribution in [3.8, 4) is 22.5 Å². The van der Waals surface area contributed by atoms with Gasteiger partial charge in [-0.1, -0.05) is 12.1 Å². The number of rotatable bonds is 6. The standard InChI is InChI=1S/C23H19F2N9O/c1-13-2-3-15(21-30-32-34(31-21)12-17-8-23(17,24)25)6-19(13)29-22(35)18-11-28-33-5-4-14(7-20(18)33)16-9-26-27-10-16/h2-7,9-11,17H,8,12H2,1H3,(H,26,27)(H,29,35)/t17-/m0/s1. The van der Waals surface area contributed by atoms with Crippen LogP contribution in [0, 0.1) is 12.8 Å². The molecule has 6 rings (SSSR count). The molecule has 10 nitrogen and oxygen atoms in total. The van der Waals surface area contributed by atoms with Gasteiger partial charge < -0.3 is 5.32 Å². The number of tetrazole rings is 1. The number of benzene rings is 1. The van der Waals surface area contributed by atoms with Gasteiger partial charge in [0.1, 0.15) is 0 Å². The van der Waals surface area contributed by atoms with Crippen LogP contribution < -0.4 is 5.32 Å². The molecular weight excluding hydrogens is 456 g/mol. The molecule has 4 aromatic heterocycles. The summed E-state index contributed by atoms with van der Waals surface area (Å²) in [6, 6.07) is 9.13. The number of anilines is 1. The summed E-state index contributed by atoms with van der Waals surface area (Å²) in [6.45, 7) is 1.89. The molecular formula is C23H19F2N9O. The normalized spacial score (nSPS) is 16.5. The zero-order chi connectivity index (χ0) is 24.2. The van der Waals surface area contributed by atoms with Gasteiger partial charge in [-0.2, -0.15) is 15.0 Å². The predicted molar refractivity (Wildman–Crippen MR) is 122 cm³/mol. The van der Waals surface area contributed by atoms with Gasteiger partial charge >= 0.3 is 0 Å². The Morgan fingerprint density at radius 1 is 1.20 bits per heavy atom. The molecule has 5 aromatic rings. The first-order valence-corrected chi connectivity index (χ1v) is 10.9. The summed E-state index contributed by atoms with van der Waals surface area (Å²) in [4.78, 5) is 14.4. The van der Waals surface area contributed by atoms with E-state index in [4.69, 9.17) is 0 Å². The van der Waals surface area contributed by atoms with Crippen molar-refractivity contribution in [3.63, 3.8) is 0 Å². The zero-order valence-electron chi connectivity index (χ0n) is 18.5. The molecule has 1 aromatic carbocycles. The van der Waals surface area contributed by atoms with Gasteiger partial charge in [0, 0.05) is 41.5 Å². The molecule has 35 heavy (non-hydrogen) atoms. The fraction of sp³-hybridized carbons (Fsp3) is 0.217. The molecule has 1 atom stereocenters. The summed E-state index contributed by atoms with van der Waals surface area (Å²) in [5.41, 5.74) is 4.88. The summed E-state index contributed by atoms with van der Waals surface area (Å²) >= 11 is 0. The quantitative estimate of drug-likeness (QED) is 0.387. The number of hydrogen-bond donors (Lipinski definition) is 2. The van der Waals surface area contributed by atoms with Gasteiger partial charge in [-0.05, 0) is 41.5 Å². The number of aromatic amines is 1. The number of carbonyl (C=O) groups is 1. The molecule has 12 heteroatoms. The average molecular weight is 475 g/mol. The second kappa shape index (κ2) is 7.79. The Balaban J connectivity index is 1.25. The number of aromatic nitrogens is 8. The lowest BCUT2D eigenvalue weighted by Gasteiger charge is -2.09. The van der Waals surface area contributed by atoms with E-state index in [9.17, 15) is 13.6 Å². The van der Waals surface area contributed by atoms with Gasteiger partial charge in [0.15, 0.2) is 0 Å². The van der Waals surface area contributed by atoms with E-state index in [0.717, 1.165) is 16.7 Å². The maximum atomic E-state index is 13.2. The molecule has 1 amide bonds. The van der Waals surface area contributed by atoms with Crippen LogP contribution in [-0.2, 0) is 6.54 Å². The fourth-order valence-electron chi connectivity index (χ4n) is 3.93. The minimum Gasteiger partial charge on any atom is -0.322 e. The second-order valence-electron chi connectivity index (χ2n) is 8.60. The summed E-state index contributed by atoms with van der Waals surface area (Å²) in [7, 11) is 0. The average Bonchev–Trinajstić information content (AvgIpc) is 3.39. The Hall–Kier alpha value is -4.48. The molecule has 0 bridgehead atoms. The van der Waals surface area contributed by atoms with Gasteiger partial charge in [0.05, 0.1) is 30.0 Å². The molecule has 2 N–H and O–H groups in total. The molecule has 0 saturated heterocycles. The molecule has 0 radical (unpaired) electrons. The maximum absolute atomic E-state index is 13.2. The number of pyridine rings is 1. The highest BCUT2D eigenvalue weighted by molar-refractivity contribution is 6.09. The first kappa shape index (κ1) is 21.1. The van der Waals surface area contributed by atoms with Crippen LogP contribution in [0.3, 0.4) is 0 Å². The summed E-state index contributed by atoms with van der Waals surface area (Å²) < 4.78 is 28.0. The minimum absolute atomic E-state index is 0.0188. The maximum Gasteiger partial charge on any atom is 0.259 e. The number of halogens is 2. The number of fused-ring (bicyclic) bond motifs is 1. The first-order valence-electron chi connectivity index (χ1n) is 10.9. The Morgan fingerprint density at radius 2 is 2.06 bits per heavy atom. The third-order valence-electron chi connectivity index (χ3n) is 6.13. The van der Waals surface area contributed by atoms with E-state index < -0.39 is 11.8 Å². The highest BCUT2D eigenvalue weighted by atomic mass is 19.3. The van der Waals surface area contributed by atoms with Crippen LogP contribution in [0.2, 0.25) is 0 Å². The number of H-pyrrole nitrogens is 1. The molecule has 4 heterocycles. The molecule has 0 aliphatic heterocycles. The fourth-order valence-corrected chi connectivity index (χ4v) is 3.93. The van der Waals surface area contributed by atoms with E-state index in [1.54, 1.807) is 35.2 Å². The number of nitrogens with zero attached hydrogens (tertiary/aromatic N) is 7. The first-order chi connectivity index (χ1) is 16.9. The van der Waals surface area contributed by atoms with Crippen molar-refractivity contribution in [2.24, 2.45) is 5.92 Å². The van der Waals surface area contributed by atoms with Crippen LogP contribution in [0.5, 0.6) is 0 Å². The lowest BCUT2D eigenvalue weighted by molar-refractivity contribution is 0.0929. The van der Waals surface area contributed by atoms with Crippen LogP contribution in [-0.4, -0.2) is 51.8 Å². The van der Waals surface area contributed by atoms with E-state index in [1.165, 1.54) is 11.0 Å². The predicted octanol–water partition coefficient (Wildman–Crippen LogP) is 3.59. The monoisotopic (exact) mass is 475 g/mol. The third-order valence-corrected chi connectivity index (χ3v) is 6.13. The molecule has 0 unspecified atom stereocenters. The second-order valence-corrected chi connectivity index (χ2v) is 8.60. The van der Waals surface area contributed by atoms with Crippen LogP contribution in [0.25, 0.3) is 28.0 Å². The van der Waals surface area contributed by atoms with Crippen molar-refractivity contribution < 1.29 is 13.6 Å². The van der Waals surface area contributed by atoms with E-state index in [-0.39, 0.29) is 18.9 Å². The topological polar surface area (TPSA) is 119 Å². The SMILES string of the molecule is Cc1ccc(-c2nnn(C[C@@H]3CC3(F)F)n2)cc1NC(=O)c1cnn2ccc(-c3cn[nH]c3)cc12. The van der Waals surface area contributed by atoms with E-state index in [2.05, 4.69) is 36.0 Å². The van der Waals surface area contributed by atoms with E-state index in [0.29, 0.717) is 28.2 Å². The molecule has 1 saturated carbocycles. The van der Waals surface area contributed by atoms with Gasteiger partial charge in [0.25, 0.3) is 11.8 Å². The molecule has 1 aliphatic rings. The van der Waals surface area contributed by atoms with Crippen molar-refractivity contribution >= 4 is 17.1 Å². The molecule has 1 fully saturated rings. The number of hydrogen-bond acceptors (Lipinski definition) is 6. The summed E-state index contributed by atoms with van der Waals surface area (Å²) in [5, 5.41) is 26.1. The largest absolute Gasteiger partial charge is 0.322 e. The summed E-state index contributed by atoms with van der Waals surface area (Å²) in [5.74, 6) is -3.42. The third kappa shape index (κ3) is 3.92. The Kier molecular flexibility index (Phi) is 4.69. The highest BCUT2D eigenvalue weighted by Crippen LogP contribution is 2.49. The van der Waals surface area contributed by atoms with Crippen molar-refractivity contribution in [1.29, 1.82) is 0 Å². The minimum atomic E-state index is -2.65. The number of nitrogens with one attached hydrogen (secondary N) is 2. The number of carbonyl (C=O) groups excluding carboxylic acids is 1. The highest BCUT2D eigenvalue weighted by Gasteiger charge is 2.57. The molecule has 1 aliphatic carbocycles. The smallest absolute Gasteiger partial charge is 0.259 e. The van der Waals surface area contributed by atoms with Crippen LogP contribution >= 0.6 is 0 Å². The zero-order valence-corrected chi connectivity index (χ0v) is 18.5. The van der Waals surface area contributed by atoms with Crippen LogP contribution in [0.1, 0.15) is 22.3 Å². The van der Waals surface area contributed by atoms with Crippen LogP contribution in [0.4, 0.5) is 14.5 Å². The summed E-state index contributed by atoms with van der Waals surface area (Å²) in [6.07, 6.45) is 6.63. The Labute approximate surface area is 197 Å². The van der Waals surface area contributed by atoms with Gasteiger partial charge in [-0.25, -0.2) is 13.3 Å². The van der Waals surface area contributed by atoms with Gasteiger partial charge in [-0.15, -0.1) is 10.2 Å². The van der Waals surface area contributed by atoms with E-state index in [1.807, 2.05) is 25.1 Å². The lowest BCUT2D eigenvalue weighted by Crippen LogP contribution is -2.12. The Bertz CT molecular complexity index is 1550. The van der Waals surface area contributed by atoms with Crippen molar-refractivity contribution in [3.05, 3.63) is 66.2 Å². The van der Waals surface area contributed by atoms with Gasteiger partial charge in [0.2, 0.25) is 5.82 Å². The number of amides is 1.